The monoisotopic (exact) mass is 370 g/mol. The van der Waals surface area contributed by atoms with Gasteiger partial charge in [0.1, 0.15) is 0 Å². The highest BCUT2D eigenvalue weighted by Crippen LogP contribution is 2.49. The van der Waals surface area contributed by atoms with Crippen LogP contribution in [0.4, 0.5) is 5.69 Å². The third kappa shape index (κ3) is 3.61. The molecule has 2 aromatic carbocycles. The third-order valence-corrected chi connectivity index (χ3v) is 5.24. The van der Waals surface area contributed by atoms with Crippen LogP contribution in [-0.2, 0) is 10.2 Å². The van der Waals surface area contributed by atoms with Crippen molar-refractivity contribution in [2.24, 2.45) is 0 Å². The molecule has 0 atom stereocenters. The summed E-state index contributed by atoms with van der Waals surface area (Å²) in [5.41, 5.74) is 1.79. The summed E-state index contributed by atoms with van der Waals surface area (Å²) in [6.07, 6.45) is 1.63. The summed E-state index contributed by atoms with van der Waals surface area (Å²) in [4.78, 5) is 26.9. The molecule has 2 amide bonds. The van der Waals surface area contributed by atoms with Gasteiger partial charge in [-0.1, -0.05) is 23.7 Å². The Balaban J connectivity index is 1.71. The molecule has 1 aliphatic carbocycles. The number of benzene rings is 2. The normalized spacial score (nSPS) is 14.6. The Labute approximate surface area is 159 Å². The molecule has 0 heterocycles. The third-order valence-electron chi connectivity index (χ3n) is 5.00. The van der Waals surface area contributed by atoms with Crippen molar-refractivity contribution in [3.8, 4) is 0 Å². The predicted octanol–water partition coefficient (Wildman–Crippen LogP) is 4.49. The number of carbonyl (C=O) groups excluding carboxylic acids is 2. The molecule has 2 aromatic rings. The highest BCUT2D eigenvalue weighted by atomic mass is 35.5. The number of rotatable bonds is 6. The van der Waals surface area contributed by atoms with Crippen LogP contribution in [0, 0.1) is 0 Å². The van der Waals surface area contributed by atoms with Crippen molar-refractivity contribution >= 4 is 29.1 Å². The molecular formula is C21H23ClN2O2. The van der Waals surface area contributed by atoms with Gasteiger partial charge in [-0.25, -0.2) is 0 Å². The minimum Gasteiger partial charge on any atom is -0.339 e. The van der Waals surface area contributed by atoms with Crippen LogP contribution in [0.1, 0.15) is 42.6 Å². The molecule has 1 saturated carbocycles. The number of amides is 2. The second-order valence-electron chi connectivity index (χ2n) is 6.60. The second kappa shape index (κ2) is 7.50. The van der Waals surface area contributed by atoms with Gasteiger partial charge in [-0.15, -0.1) is 0 Å². The van der Waals surface area contributed by atoms with Crippen LogP contribution in [0.15, 0.2) is 48.5 Å². The largest absolute Gasteiger partial charge is 0.339 e. The molecular weight excluding hydrogens is 348 g/mol. The van der Waals surface area contributed by atoms with Crippen molar-refractivity contribution < 1.29 is 9.59 Å². The summed E-state index contributed by atoms with van der Waals surface area (Å²) in [5, 5.41) is 3.62. The lowest BCUT2D eigenvalue weighted by Crippen LogP contribution is -2.30. The lowest BCUT2D eigenvalue weighted by Gasteiger charge is -2.19. The van der Waals surface area contributed by atoms with Gasteiger partial charge in [-0.3, -0.25) is 9.59 Å². The van der Waals surface area contributed by atoms with E-state index in [1.54, 1.807) is 29.2 Å². The van der Waals surface area contributed by atoms with E-state index in [9.17, 15) is 9.59 Å². The average Bonchev–Trinajstić information content (AvgIpc) is 3.45. The molecule has 5 heteroatoms. The Morgan fingerprint density at radius 2 is 1.73 bits per heavy atom. The molecule has 0 spiro atoms. The molecule has 136 valence electrons. The van der Waals surface area contributed by atoms with Gasteiger partial charge in [0.2, 0.25) is 5.91 Å². The lowest BCUT2D eigenvalue weighted by molar-refractivity contribution is -0.118. The molecule has 0 aromatic heterocycles. The molecule has 0 saturated heterocycles. The summed E-state index contributed by atoms with van der Waals surface area (Å²) < 4.78 is 0. The average molecular weight is 371 g/mol. The number of hydrogen-bond acceptors (Lipinski definition) is 2. The van der Waals surface area contributed by atoms with Crippen molar-refractivity contribution in [2.75, 3.05) is 18.4 Å². The number of halogens is 1. The standard InChI is InChI=1S/C21H23ClN2O2/c1-3-24(4-2)19(25)15-8-10-18(11-9-15)23-20(26)21(12-13-21)16-6-5-7-17(22)14-16/h5-11,14H,3-4,12-13H2,1-2H3,(H,23,26). The first kappa shape index (κ1) is 18.5. The van der Waals surface area contributed by atoms with E-state index < -0.39 is 5.41 Å². The fraction of sp³-hybridized carbons (Fsp3) is 0.333. The second-order valence-corrected chi connectivity index (χ2v) is 7.04. The van der Waals surface area contributed by atoms with Crippen LogP contribution in [-0.4, -0.2) is 29.8 Å². The Morgan fingerprint density at radius 1 is 1.08 bits per heavy atom. The van der Waals surface area contributed by atoms with Crippen molar-refractivity contribution in [2.45, 2.75) is 32.1 Å². The van der Waals surface area contributed by atoms with Gasteiger partial charge in [-0.05, 0) is 68.7 Å². The highest BCUT2D eigenvalue weighted by Gasteiger charge is 2.51. The van der Waals surface area contributed by atoms with Crippen molar-refractivity contribution in [1.82, 2.24) is 4.90 Å². The molecule has 1 fully saturated rings. The molecule has 1 N–H and O–H groups in total. The predicted molar refractivity (Wildman–Crippen MR) is 105 cm³/mol. The number of carbonyl (C=O) groups is 2. The quantitative estimate of drug-likeness (QED) is 0.814. The molecule has 0 radical (unpaired) electrons. The molecule has 1 aliphatic rings. The minimum absolute atomic E-state index is 0.00506. The van der Waals surface area contributed by atoms with E-state index in [1.165, 1.54) is 0 Å². The van der Waals surface area contributed by atoms with Gasteiger partial charge < -0.3 is 10.2 Å². The Hall–Kier alpha value is -2.33. The van der Waals surface area contributed by atoms with Gasteiger partial charge >= 0.3 is 0 Å². The van der Waals surface area contributed by atoms with Gasteiger partial charge in [0, 0.05) is 29.4 Å². The van der Waals surface area contributed by atoms with E-state index in [-0.39, 0.29) is 11.8 Å². The summed E-state index contributed by atoms with van der Waals surface area (Å²) in [6, 6.07) is 14.6. The maximum Gasteiger partial charge on any atom is 0.253 e. The van der Waals surface area contributed by atoms with Crippen LogP contribution in [0.2, 0.25) is 5.02 Å². The summed E-state index contributed by atoms with van der Waals surface area (Å²) in [5.74, 6) is -0.0203. The summed E-state index contributed by atoms with van der Waals surface area (Å²) in [6.45, 7) is 5.27. The summed E-state index contributed by atoms with van der Waals surface area (Å²) in [7, 11) is 0. The first-order valence-corrected chi connectivity index (χ1v) is 9.35. The SMILES string of the molecule is CCN(CC)C(=O)c1ccc(NC(=O)C2(c3cccc(Cl)c3)CC2)cc1. The van der Waals surface area contributed by atoms with Crippen molar-refractivity contribution in [3.05, 3.63) is 64.7 Å². The summed E-state index contributed by atoms with van der Waals surface area (Å²) >= 11 is 6.07. The van der Waals surface area contributed by atoms with Gasteiger partial charge in [0.05, 0.1) is 5.41 Å². The van der Waals surface area contributed by atoms with Crippen molar-refractivity contribution in [3.63, 3.8) is 0 Å². The molecule has 3 rings (SSSR count). The zero-order chi connectivity index (χ0) is 18.7. The van der Waals surface area contributed by atoms with Crippen molar-refractivity contribution in [1.29, 1.82) is 0 Å². The fourth-order valence-corrected chi connectivity index (χ4v) is 3.39. The molecule has 0 unspecified atom stereocenters. The van der Waals surface area contributed by atoms with Crippen LogP contribution in [0.3, 0.4) is 0 Å². The van der Waals surface area contributed by atoms with Crippen LogP contribution < -0.4 is 5.32 Å². The first-order valence-electron chi connectivity index (χ1n) is 8.97. The van der Waals surface area contributed by atoms with Crippen LogP contribution in [0.25, 0.3) is 0 Å². The maximum atomic E-state index is 12.8. The minimum atomic E-state index is -0.486. The van der Waals surface area contributed by atoms with Gasteiger partial charge in [0.25, 0.3) is 5.91 Å². The Kier molecular flexibility index (Phi) is 5.33. The van der Waals surface area contributed by atoms with Gasteiger partial charge in [0.15, 0.2) is 0 Å². The van der Waals surface area contributed by atoms with E-state index in [2.05, 4.69) is 5.32 Å². The zero-order valence-corrected chi connectivity index (χ0v) is 15.8. The fourth-order valence-electron chi connectivity index (χ4n) is 3.20. The molecule has 4 nitrogen and oxygen atoms in total. The van der Waals surface area contributed by atoms with E-state index in [0.29, 0.717) is 29.4 Å². The number of nitrogens with zero attached hydrogens (tertiary/aromatic N) is 1. The number of nitrogens with one attached hydrogen (secondary N) is 1. The first-order chi connectivity index (χ1) is 12.5. The van der Waals surface area contributed by atoms with Gasteiger partial charge in [-0.2, -0.15) is 0 Å². The van der Waals surface area contributed by atoms with E-state index in [1.807, 2.05) is 38.1 Å². The molecule has 0 bridgehead atoms. The Bertz CT molecular complexity index is 809. The van der Waals surface area contributed by atoms with E-state index in [0.717, 1.165) is 18.4 Å². The topological polar surface area (TPSA) is 49.4 Å². The zero-order valence-electron chi connectivity index (χ0n) is 15.1. The van der Waals surface area contributed by atoms with Crippen LogP contribution >= 0.6 is 11.6 Å². The molecule has 26 heavy (non-hydrogen) atoms. The lowest BCUT2D eigenvalue weighted by atomic mass is 9.95. The highest BCUT2D eigenvalue weighted by molar-refractivity contribution is 6.30. The number of hydrogen-bond donors (Lipinski definition) is 1. The van der Waals surface area contributed by atoms with E-state index in [4.69, 9.17) is 11.6 Å². The van der Waals surface area contributed by atoms with Crippen LogP contribution in [0.5, 0.6) is 0 Å². The number of anilines is 1. The Morgan fingerprint density at radius 3 is 2.27 bits per heavy atom. The molecule has 0 aliphatic heterocycles. The smallest absolute Gasteiger partial charge is 0.253 e. The van der Waals surface area contributed by atoms with E-state index >= 15 is 0 Å². The maximum absolute atomic E-state index is 12.8.